The van der Waals surface area contributed by atoms with E-state index in [2.05, 4.69) is 32.8 Å². The van der Waals surface area contributed by atoms with Crippen molar-refractivity contribution in [1.82, 2.24) is 14.9 Å². The van der Waals surface area contributed by atoms with Crippen molar-refractivity contribution in [3.05, 3.63) is 64.4 Å². The molecular formula is C20H22BrN3O. The molecule has 0 spiro atoms. The van der Waals surface area contributed by atoms with E-state index in [1.807, 2.05) is 53.4 Å². The molecule has 130 valence electrons. The number of carbonyl (C=O) groups is 1. The fourth-order valence-corrected chi connectivity index (χ4v) is 3.27. The zero-order valence-corrected chi connectivity index (χ0v) is 15.9. The van der Waals surface area contributed by atoms with Crippen molar-refractivity contribution in [3.8, 4) is 0 Å². The Morgan fingerprint density at radius 2 is 1.96 bits per heavy atom. The van der Waals surface area contributed by atoms with E-state index < -0.39 is 0 Å². The van der Waals surface area contributed by atoms with Crippen molar-refractivity contribution < 1.29 is 4.79 Å². The molecule has 3 aromatic rings. The lowest BCUT2D eigenvalue weighted by Crippen LogP contribution is -2.35. The van der Waals surface area contributed by atoms with Crippen LogP contribution in [0.1, 0.15) is 24.7 Å². The largest absolute Gasteiger partial charge is 0.342 e. The number of imidazole rings is 1. The van der Waals surface area contributed by atoms with Crippen molar-refractivity contribution >= 4 is 32.9 Å². The molecule has 0 aliphatic rings. The van der Waals surface area contributed by atoms with Crippen LogP contribution < -0.4 is 0 Å². The van der Waals surface area contributed by atoms with Crippen LogP contribution in [-0.2, 0) is 17.6 Å². The van der Waals surface area contributed by atoms with Crippen LogP contribution in [0.4, 0.5) is 0 Å². The average Bonchev–Trinajstić information content (AvgIpc) is 3.01. The van der Waals surface area contributed by atoms with E-state index in [1.54, 1.807) is 0 Å². The molecule has 1 heterocycles. The maximum Gasteiger partial charge on any atom is 0.227 e. The van der Waals surface area contributed by atoms with E-state index in [0.29, 0.717) is 13.0 Å². The SMILES string of the molecule is CCCN(CCc1nc2ccc(Br)cc2[nH]1)C(=O)Cc1ccccc1. The summed E-state index contributed by atoms with van der Waals surface area (Å²) in [7, 11) is 0. The van der Waals surface area contributed by atoms with Gasteiger partial charge < -0.3 is 9.88 Å². The Morgan fingerprint density at radius 3 is 2.72 bits per heavy atom. The second-order valence-electron chi connectivity index (χ2n) is 6.14. The highest BCUT2D eigenvalue weighted by molar-refractivity contribution is 9.10. The highest BCUT2D eigenvalue weighted by atomic mass is 79.9. The lowest BCUT2D eigenvalue weighted by molar-refractivity contribution is -0.130. The van der Waals surface area contributed by atoms with Crippen molar-refractivity contribution in [1.29, 1.82) is 0 Å². The van der Waals surface area contributed by atoms with Gasteiger partial charge in [0.25, 0.3) is 0 Å². The normalized spacial score (nSPS) is 11.0. The number of hydrogen-bond acceptors (Lipinski definition) is 2. The molecule has 0 aliphatic heterocycles. The molecular weight excluding hydrogens is 378 g/mol. The van der Waals surface area contributed by atoms with Crippen LogP contribution in [0.15, 0.2) is 53.0 Å². The minimum Gasteiger partial charge on any atom is -0.342 e. The highest BCUT2D eigenvalue weighted by Gasteiger charge is 2.14. The minimum atomic E-state index is 0.173. The second kappa shape index (κ2) is 8.30. The summed E-state index contributed by atoms with van der Waals surface area (Å²) in [5.74, 6) is 1.09. The molecule has 0 unspecified atom stereocenters. The summed E-state index contributed by atoms with van der Waals surface area (Å²) in [5.41, 5.74) is 3.03. The number of carbonyl (C=O) groups excluding carboxylic acids is 1. The van der Waals surface area contributed by atoms with Gasteiger partial charge in [-0.25, -0.2) is 4.98 Å². The molecule has 0 aliphatic carbocycles. The van der Waals surface area contributed by atoms with Crippen LogP contribution in [0.3, 0.4) is 0 Å². The van der Waals surface area contributed by atoms with Crippen LogP contribution in [0, 0.1) is 0 Å². The number of fused-ring (bicyclic) bond motifs is 1. The Hall–Kier alpha value is -2.14. The van der Waals surface area contributed by atoms with E-state index in [1.165, 1.54) is 0 Å². The Morgan fingerprint density at radius 1 is 1.16 bits per heavy atom. The van der Waals surface area contributed by atoms with Gasteiger partial charge in [0.15, 0.2) is 0 Å². The van der Waals surface area contributed by atoms with Gasteiger partial charge in [0.1, 0.15) is 5.82 Å². The van der Waals surface area contributed by atoms with Gasteiger partial charge in [0.2, 0.25) is 5.91 Å². The van der Waals surface area contributed by atoms with Gasteiger partial charge in [-0.05, 0) is 30.2 Å². The maximum absolute atomic E-state index is 12.6. The number of rotatable bonds is 7. The lowest BCUT2D eigenvalue weighted by atomic mass is 10.1. The van der Waals surface area contributed by atoms with Crippen molar-refractivity contribution in [2.75, 3.05) is 13.1 Å². The van der Waals surface area contributed by atoms with Crippen LogP contribution in [-0.4, -0.2) is 33.9 Å². The Labute approximate surface area is 156 Å². The fraction of sp³-hybridized carbons (Fsp3) is 0.300. The van der Waals surface area contributed by atoms with Crippen molar-refractivity contribution in [3.63, 3.8) is 0 Å². The number of amides is 1. The first-order valence-corrected chi connectivity index (χ1v) is 9.41. The number of halogens is 1. The Balaban J connectivity index is 1.65. The third kappa shape index (κ3) is 4.69. The number of aromatic nitrogens is 2. The molecule has 5 heteroatoms. The third-order valence-electron chi connectivity index (χ3n) is 4.16. The first kappa shape index (κ1) is 17.7. The molecule has 2 aromatic carbocycles. The second-order valence-corrected chi connectivity index (χ2v) is 7.05. The summed E-state index contributed by atoms with van der Waals surface area (Å²) in [5, 5.41) is 0. The zero-order chi connectivity index (χ0) is 17.6. The molecule has 0 saturated carbocycles. The van der Waals surface area contributed by atoms with Crippen LogP contribution in [0.25, 0.3) is 11.0 Å². The third-order valence-corrected chi connectivity index (χ3v) is 4.65. The number of hydrogen-bond donors (Lipinski definition) is 1. The summed E-state index contributed by atoms with van der Waals surface area (Å²) in [6.07, 6.45) is 2.13. The summed E-state index contributed by atoms with van der Waals surface area (Å²) >= 11 is 3.47. The molecule has 1 aromatic heterocycles. The summed E-state index contributed by atoms with van der Waals surface area (Å²) in [4.78, 5) is 22.5. The van der Waals surface area contributed by atoms with Crippen LogP contribution in [0.5, 0.6) is 0 Å². The smallest absolute Gasteiger partial charge is 0.227 e. The maximum atomic E-state index is 12.6. The van der Waals surface area contributed by atoms with Crippen molar-refractivity contribution in [2.45, 2.75) is 26.2 Å². The van der Waals surface area contributed by atoms with Gasteiger partial charge in [0.05, 0.1) is 17.5 Å². The molecule has 0 bridgehead atoms. The number of H-pyrrole nitrogens is 1. The quantitative estimate of drug-likeness (QED) is 0.641. The molecule has 1 N–H and O–H groups in total. The van der Waals surface area contributed by atoms with E-state index in [9.17, 15) is 4.79 Å². The van der Waals surface area contributed by atoms with Gasteiger partial charge in [-0.3, -0.25) is 4.79 Å². The molecule has 0 radical (unpaired) electrons. The summed E-state index contributed by atoms with van der Waals surface area (Å²) in [6, 6.07) is 15.9. The van der Waals surface area contributed by atoms with Crippen LogP contribution in [0.2, 0.25) is 0 Å². The van der Waals surface area contributed by atoms with Gasteiger partial charge in [0, 0.05) is 24.0 Å². The first-order chi connectivity index (χ1) is 12.2. The summed E-state index contributed by atoms with van der Waals surface area (Å²) in [6.45, 7) is 3.56. The number of benzene rings is 2. The fourth-order valence-electron chi connectivity index (χ4n) is 2.91. The van der Waals surface area contributed by atoms with Gasteiger partial charge in [-0.15, -0.1) is 0 Å². The number of nitrogens with zero attached hydrogens (tertiary/aromatic N) is 2. The van der Waals surface area contributed by atoms with Gasteiger partial charge in [-0.1, -0.05) is 53.2 Å². The molecule has 3 rings (SSSR count). The molecule has 4 nitrogen and oxygen atoms in total. The molecule has 0 saturated heterocycles. The van der Waals surface area contributed by atoms with Gasteiger partial charge >= 0.3 is 0 Å². The minimum absolute atomic E-state index is 0.173. The molecule has 1 amide bonds. The van der Waals surface area contributed by atoms with Crippen LogP contribution >= 0.6 is 15.9 Å². The first-order valence-electron chi connectivity index (χ1n) is 8.61. The molecule has 0 atom stereocenters. The molecule has 0 fully saturated rings. The zero-order valence-electron chi connectivity index (χ0n) is 14.3. The summed E-state index contributed by atoms with van der Waals surface area (Å²) < 4.78 is 1.03. The van der Waals surface area contributed by atoms with Gasteiger partial charge in [-0.2, -0.15) is 0 Å². The highest BCUT2D eigenvalue weighted by Crippen LogP contribution is 2.18. The monoisotopic (exact) mass is 399 g/mol. The predicted octanol–water partition coefficient (Wildman–Crippen LogP) is 4.35. The Kier molecular flexibility index (Phi) is 5.87. The van der Waals surface area contributed by atoms with E-state index >= 15 is 0 Å². The van der Waals surface area contributed by atoms with E-state index in [-0.39, 0.29) is 5.91 Å². The topological polar surface area (TPSA) is 49.0 Å². The van der Waals surface area contributed by atoms with E-state index in [0.717, 1.165) is 46.3 Å². The predicted molar refractivity (Wildman–Crippen MR) is 105 cm³/mol. The number of aromatic amines is 1. The molecule has 25 heavy (non-hydrogen) atoms. The van der Waals surface area contributed by atoms with E-state index in [4.69, 9.17) is 0 Å². The van der Waals surface area contributed by atoms with Crippen molar-refractivity contribution in [2.24, 2.45) is 0 Å². The average molecular weight is 400 g/mol. The number of nitrogens with one attached hydrogen (secondary N) is 1. The lowest BCUT2D eigenvalue weighted by Gasteiger charge is -2.21. The Bertz CT molecular complexity index is 845. The standard InChI is InChI=1S/C20H22BrN3O/c1-2-11-24(20(25)13-15-6-4-3-5-7-15)12-10-19-22-17-9-8-16(21)14-18(17)23-19/h3-9,14H,2,10-13H2,1H3,(H,22,23).